The van der Waals surface area contributed by atoms with Crippen molar-refractivity contribution < 1.29 is 9.47 Å². The summed E-state index contributed by atoms with van der Waals surface area (Å²) >= 11 is 6.29. The fraction of sp³-hybridized carbons (Fsp3) is 0.625. The molecule has 1 aliphatic heterocycles. The second-order valence-electron chi connectivity index (χ2n) is 5.37. The molecule has 1 unspecified atom stereocenters. The topological polar surface area (TPSA) is 30.5 Å². The van der Waals surface area contributed by atoms with Gasteiger partial charge in [0, 0.05) is 18.2 Å². The van der Waals surface area contributed by atoms with Crippen LogP contribution >= 0.6 is 11.6 Å². The Bertz CT molecular complexity index is 437. The van der Waals surface area contributed by atoms with Crippen molar-refractivity contribution in [1.29, 1.82) is 0 Å². The molecule has 0 aromatic heterocycles. The lowest BCUT2D eigenvalue weighted by molar-refractivity contribution is 0.171. The second kappa shape index (κ2) is 7.63. The second-order valence-corrected chi connectivity index (χ2v) is 5.78. The summed E-state index contributed by atoms with van der Waals surface area (Å²) < 4.78 is 11.1. The molecular weight excluding hydrogens is 274 g/mol. The minimum Gasteiger partial charge on any atom is -0.486 e. The van der Waals surface area contributed by atoms with E-state index in [1.54, 1.807) is 0 Å². The van der Waals surface area contributed by atoms with Gasteiger partial charge in [-0.3, -0.25) is 0 Å². The number of benzene rings is 1. The molecule has 1 atom stereocenters. The van der Waals surface area contributed by atoms with Crippen molar-refractivity contribution in [3.63, 3.8) is 0 Å². The van der Waals surface area contributed by atoms with Gasteiger partial charge >= 0.3 is 0 Å². The van der Waals surface area contributed by atoms with Crippen LogP contribution in [-0.2, 0) is 0 Å². The first-order chi connectivity index (χ1) is 9.70. The largest absolute Gasteiger partial charge is 0.486 e. The van der Waals surface area contributed by atoms with Crippen LogP contribution in [-0.4, -0.2) is 19.3 Å². The molecule has 3 nitrogen and oxygen atoms in total. The van der Waals surface area contributed by atoms with Gasteiger partial charge in [0.15, 0.2) is 11.5 Å². The van der Waals surface area contributed by atoms with Crippen LogP contribution in [0.25, 0.3) is 0 Å². The maximum atomic E-state index is 6.29. The predicted octanol–water partition coefficient (Wildman–Crippen LogP) is 4.88. The molecule has 0 radical (unpaired) electrons. The summed E-state index contributed by atoms with van der Waals surface area (Å²) in [6.07, 6.45) is 6.31. The van der Waals surface area contributed by atoms with Crippen molar-refractivity contribution in [2.24, 2.45) is 0 Å². The molecule has 1 aromatic carbocycles. The first kappa shape index (κ1) is 15.3. The summed E-state index contributed by atoms with van der Waals surface area (Å²) in [5, 5.41) is 4.16. The van der Waals surface area contributed by atoms with E-state index in [0.717, 1.165) is 23.6 Å². The van der Waals surface area contributed by atoms with Crippen molar-refractivity contribution >= 4 is 17.3 Å². The molecular formula is C16H24ClNO2. The zero-order valence-corrected chi connectivity index (χ0v) is 13.1. The van der Waals surface area contributed by atoms with E-state index in [9.17, 15) is 0 Å². The van der Waals surface area contributed by atoms with Crippen molar-refractivity contribution in [1.82, 2.24) is 0 Å². The van der Waals surface area contributed by atoms with Gasteiger partial charge in [0.25, 0.3) is 0 Å². The lowest BCUT2D eigenvalue weighted by Crippen LogP contribution is -2.18. The molecule has 0 spiro atoms. The zero-order valence-electron chi connectivity index (χ0n) is 12.4. The van der Waals surface area contributed by atoms with Crippen molar-refractivity contribution in [3.8, 4) is 11.5 Å². The molecule has 0 saturated heterocycles. The monoisotopic (exact) mass is 297 g/mol. The molecule has 112 valence electrons. The standard InChI is InChI=1S/C16H24ClNO2/c1-3-4-5-6-7-12(2)18-14-11-16-15(10-13(14)17)19-8-9-20-16/h10-12,18H,3-9H2,1-2H3. The van der Waals surface area contributed by atoms with E-state index >= 15 is 0 Å². The van der Waals surface area contributed by atoms with E-state index in [1.807, 2.05) is 12.1 Å². The Morgan fingerprint density at radius 2 is 1.85 bits per heavy atom. The van der Waals surface area contributed by atoms with Crippen LogP contribution in [0.3, 0.4) is 0 Å². The summed E-state index contributed by atoms with van der Waals surface area (Å²) in [6, 6.07) is 4.19. The molecule has 0 bridgehead atoms. The molecule has 0 amide bonds. The van der Waals surface area contributed by atoms with Gasteiger partial charge in [-0.05, 0) is 13.3 Å². The Morgan fingerprint density at radius 3 is 2.55 bits per heavy atom. The predicted molar refractivity (Wildman–Crippen MR) is 84.3 cm³/mol. The first-order valence-corrected chi connectivity index (χ1v) is 7.94. The van der Waals surface area contributed by atoms with Crippen LogP contribution in [0, 0.1) is 0 Å². The summed E-state index contributed by atoms with van der Waals surface area (Å²) in [7, 11) is 0. The van der Waals surface area contributed by atoms with Gasteiger partial charge < -0.3 is 14.8 Å². The Hall–Kier alpha value is -1.09. The fourth-order valence-corrected chi connectivity index (χ4v) is 2.60. The van der Waals surface area contributed by atoms with Crippen LogP contribution in [0.1, 0.15) is 46.0 Å². The van der Waals surface area contributed by atoms with Crippen LogP contribution in [0.15, 0.2) is 12.1 Å². The quantitative estimate of drug-likeness (QED) is 0.727. The maximum Gasteiger partial charge on any atom is 0.163 e. The number of hydrogen-bond acceptors (Lipinski definition) is 3. The molecule has 0 saturated carbocycles. The van der Waals surface area contributed by atoms with Gasteiger partial charge in [-0.25, -0.2) is 0 Å². The van der Waals surface area contributed by atoms with E-state index < -0.39 is 0 Å². The zero-order chi connectivity index (χ0) is 14.4. The minimum atomic E-state index is 0.409. The molecule has 0 fully saturated rings. The van der Waals surface area contributed by atoms with Crippen LogP contribution in [0.2, 0.25) is 5.02 Å². The normalized spacial score (nSPS) is 14.9. The van der Waals surface area contributed by atoms with E-state index in [0.29, 0.717) is 24.3 Å². The van der Waals surface area contributed by atoms with E-state index in [4.69, 9.17) is 21.1 Å². The number of ether oxygens (including phenoxy) is 2. The van der Waals surface area contributed by atoms with Crippen molar-refractivity contribution in [3.05, 3.63) is 17.2 Å². The highest BCUT2D eigenvalue weighted by Gasteiger charge is 2.15. The number of fused-ring (bicyclic) bond motifs is 1. The first-order valence-electron chi connectivity index (χ1n) is 7.56. The van der Waals surface area contributed by atoms with Gasteiger partial charge in [0.1, 0.15) is 13.2 Å². The lowest BCUT2D eigenvalue weighted by atomic mass is 10.1. The Labute approximate surface area is 126 Å². The number of unbranched alkanes of at least 4 members (excludes halogenated alkanes) is 3. The average molecular weight is 298 g/mol. The third-order valence-electron chi connectivity index (χ3n) is 3.52. The average Bonchev–Trinajstić information content (AvgIpc) is 2.44. The highest BCUT2D eigenvalue weighted by atomic mass is 35.5. The molecule has 1 N–H and O–H groups in total. The summed E-state index contributed by atoms with van der Waals surface area (Å²) in [6.45, 7) is 5.61. The highest BCUT2D eigenvalue weighted by molar-refractivity contribution is 6.33. The van der Waals surface area contributed by atoms with Gasteiger partial charge in [-0.15, -0.1) is 0 Å². The summed E-state index contributed by atoms with van der Waals surface area (Å²) in [5.74, 6) is 1.52. The minimum absolute atomic E-state index is 0.409. The van der Waals surface area contributed by atoms with E-state index in [-0.39, 0.29) is 0 Å². The number of rotatable bonds is 7. The van der Waals surface area contributed by atoms with Crippen LogP contribution in [0.4, 0.5) is 5.69 Å². The third kappa shape index (κ3) is 4.20. The van der Waals surface area contributed by atoms with Crippen LogP contribution in [0.5, 0.6) is 11.5 Å². The SMILES string of the molecule is CCCCCCC(C)Nc1cc2c(cc1Cl)OCCO2. The molecule has 2 rings (SSSR count). The molecule has 20 heavy (non-hydrogen) atoms. The number of anilines is 1. The van der Waals surface area contributed by atoms with Gasteiger partial charge in [-0.1, -0.05) is 44.2 Å². The fourth-order valence-electron chi connectivity index (χ4n) is 2.39. The molecule has 1 aliphatic rings. The van der Waals surface area contributed by atoms with Gasteiger partial charge in [0.2, 0.25) is 0 Å². The lowest BCUT2D eigenvalue weighted by Gasteiger charge is -2.22. The smallest absolute Gasteiger partial charge is 0.163 e. The van der Waals surface area contributed by atoms with E-state index in [2.05, 4.69) is 19.2 Å². The maximum absolute atomic E-state index is 6.29. The Kier molecular flexibility index (Phi) is 5.84. The molecule has 1 aromatic rings. The van der Waals surface area contributed by atoms with Crippen LogP contribution < -0.4 is 14.8 Å². The molecule has 0 aliphatic carbocycles. The Morgan fingerprint density at radius 1 is 1.15 bits per heavy atom. The summed E-state index contributed by atoms with van der Waals surface area (Å²) in [5.41, 5.74) is 0.930. The summed E-state index contributed by atoms with van der Waals surface area (Å²) in [4.78, 5) is 0. The highest BCUT2D eigenvalue weighted by Crippen LogP contribution is 2.38. The van der Waals surface area contributed by atoms with Crippen molar-refractivity contribution in [2.75, 3.05) is 18.5 Å². The number of nitrogens with one attached hydrogen (secondary N) is 1. The third-order valence-corrected chi connectivity index (χ3v) is 3.84. The molecule has 1 heterocycles. The van der Waals surface area contributed by atoms with Gasteiger partial charge in [0.05, 0.1) is 10.7 Å². The Balaban J connectivity index is 1.91. The molecule has 4 heteroatoms. The number of hydrogen-bond donors (Lipinski definition) is 1. The van der Waals surface area contributed by atoms with E-state index in [1.165, 1.54) is 25.7 Å². The number of halogens is 1. The van der Waals surface area contributed by atoms with Gasteiger partial charge in [-0.2, -0.15) is 0 Å². The van der Waals surface area contributed by atoms with Crippen molar-refractivity contribution in [2.45, 2.75) is 52.0 Å².